The van der Waals surface area contributed by atoms with Gasteiger partial charge in [0, 0.05) is 34.8 Å². The first-order chi connectivity index (χ1) is 10.1. The number of hydrogen-bond acceptors (Lipinski definition) is 5. The van der Waals surface area contributed by atoms with Crippen molar-refractivity contribution in [1.82, 2.24) is 9.88 Å². The lowest BCUT2D eigenvalue weighted by atomic mass is 10.2. The maximum Gasteiger partial charge on any atom is 0.254 e. The van der Waals surface area contributed by atoms with Crippen molar-refractivity contribution in [2.75, 3.05) is 19.4 Å². The zero-order valence-electron chi connectivity index (χ0n) is 12.0. The third-order valence-corrected chi connectivity index (χ3v) is 5.11. The van der Waals surface area contributed by atoms with Crippen LogP contribution < -0.4 is 0 Å². The zero-order chi connectivity index (χ0) is 15.2. The van der Waals surface area contributed by atoms with Crippen molar-refractivity contribution in [3.05, 3.63) is 46.4 Å². The molecule has 0 aliphatic carbocycles. The average Bonchev–Trinajstić information content (AvgIpc) is 3.05. The van der Waals surface area contributed by atoms with Crippen LogP contribution in [0.5, 0.6) is 0 Å². The number of carbonyl (C=O) groups is 1. The molecule has 6 heteroatoms. The molecule has 0 radical (unpaired) electrons. The maximum atomic E-state index is 12.5. The molecule has 1 heterocycles. The van der Waals surface area contributed by atoms with E-state index in [1.807, 2.05) is 36.6 Å². The molecule has 0 aliphatic rings. The Hall–Kier alpha value is -1.37. The van der Waals surface area contributed by atoms with Gasteiger partial charge in [0.15, 0.2) is 0 Å². The van der Waals surface area contributed by atoms with Crippen LogP contribution in [-0.2, 0) is 0 Å². The van der Waals surface area contributed by atoms with Crippen molar-refractivity contribution in [2.45, 2.75) is 17.9 Å². The lowest BCUT2D eigenvalue weighted by Gasteiger charge is -2.23. The molecule has 1 aromatic heterocycles. The molecule has 1 N–H and O–H groups in total. The van der Waals surface area contributed by atoms with Crippen molar-refractivity contribution >= 4 is 29.0 Å². The fourth-order valence-corrected chi connectivity index (χ4v) is 3.24. The van der Waals surface area contributed by atoms with Gasteiger partial charge in [-0.05, 0) is 31.2 Å². The third kappa shape index (κ3) is 4.06. The topological polar surface area (TPSA) is 53.4 Å². The van der Waals surface area contributed by atoms with E-state index in [2.05, 4.69) is 4.98 Å². The molecular weight excluding hydrogens is 304 g/mol. The highest BCUT2D eigenvalue weighted by Crippen LogP contribution is 2.23. The molecule has 0 unspecified atom stereocenters. The Labute approximate surface area is 132 Å². The number of amides is 1. The van der Waals surface area contributed by atoms with E-state index in [0.717, 1.165) is 9.90 Å². The Morgan fingerprint density at radius 1 is 1.43 bits per heavy atom. The minimum atomic E-state index is -0.0408. The molecule has 112 valence electrons. The van der Waals surface area contributed by atoms with E-state index >= 15 is 0 Å². The normalized spacial score (nSPS) is 12.1. The summed E-state index contributed by atoms with van der Waals surface area (Å²) in [5, 5.41) is 11.7. The van der Waals surface area contributed by atoms with E-state index in [1.165, 1.54) is 0 Å². The van der Waals surface area contributed by atoms with E-state index < -0.39 is 0 Å². The Morgan fingerprint density at radius 3 is 2.71 bits per heavy atom. The Kier molecular flexibility index (Phi) is 5.78. The molecule has 1 aromatic carbocycles. The minimum Gasteiger partial charge on any atom is -0.396 e. The lowest BCUT2D eigenvalue weighted by molar-refractivity contribution is 0.0742. The van der Waals surface area contributed by atoms with E-state index in [4.69, 9.17) is 5.11 Å². The maximum absolute atomic E-state index is 12.5. The van der Waals surface area contributed by atoms with Crippen LogP contribution in [0.2, 0.25) is 0 Å². The van der Waals surface area contributed by atoms with E-state index in [9.17, 15) is 4.79 Å². The molecule has 1 atom stereocenters. The van der Waals surface area contributed by atoms with E-state index in [0.29, 0.717) is 11.3 Å². The smallest absolute Gasteiger partial charge is 0.254 e. The summed E-state index contributed by atoms with van der Waals surface area (Å²) >= 11 is 3.12. The number of carbonyl (C=O) groups excluding carboxylic acids is 1. The van der Waals surface area contributed by atoms with Crippen molar-refractivity contribution in [3.8, 4) is 0 Å². The van der Waals surface area contributed by atoms with Crippen molar-refractivity contribution in [3.63, 3.8) is 0 Å². The standard InChI is InChI=1S/C15H18N2O2S2/c1-11(14-16-7-9-21-14)17(2)15(19)12-3-5-13(6-4-12)20-10-8-18/h3-7,9,11,18H,8,10H2,1-2H3/t11-/m1/s1. The molecular formula is C15H18N2O2S2. The first-order valence-corrected chi connectivity index (χ1v) is 8.50. The minimum absolute atomic E-state index is 0.0172. The summed E-state index contributed by atoms with van der Waals surface area (Å²) < 4.78 is 0. The summed E-state index contributed by atoms with van der Waals surface area (Å²) in [4.78, 5) is 19.5. The largest absolute Gasteiger partial charge is 0.396 e. The number of aromatic nitrogens is 1. The third-order valence-electron chi connectivity index (χ3n) is 3.17. The summed E-state index contributed by atoms with van der Waals surface area (Å²) in [7, 11) is 1.79. The van der Waals surface area contributed by atoms with Crippen LogP contribution in [-0.4, -0.2) is 40.3 Å². The van der Waals surface area contributed by atoms with Crippen LogP contribution in [0.15, 0.2) is 40.7 Å². The SMILES string of the molecule is C[C@H](c1nccs1)N(C)C(=O)c1ccc(SCCO)cc1. The molecule has 2 rings (SSSR count). The number of nitrogens with zero attached hydrogens (tertiary/aromatic N) is 2. The summed E-state index contributed by atoms with van der Waals surface area (Å²) in [5.74, 6) is 0.644. The number of thioether (sulfide) groups is 1. The molecule has 0 aliphatic heterocycles. The fraction of sp³-hybridized carbons (Fsp3) is 0.333. The Morgan fingerprint density at radius 2 is 2.14 bits per heavy atom. The van der Waals surface area contributed by atoms with Crippen molar-refractivity contribution in [1.29, 1.82) is 0 Å². The van der Waals surface area contributed by atoms with E-state index in [-0.39, 0.29) is 18.6 Å². The number of benzene rings is 1. The van der Waals surface area contributed by atoms with Gasteiger partial charge in [0.2, 0.25) is 0 Å². The highest BCUT2D eigenvalue weighted by Gasteiger charge is 2.20. The van der Waals surface area contributed by atoms with Crippen LogP contribution in [0.1, 0.15) is 28.3 Å². The second-order valence-electron chi connectivity index (χ2n) is 4.56. The average molecular weight is 322 g/mol. The Bertz CT molecular complexity index is 570. The second kappa shape index (κ2) is 7.59. The molecule has 2 aromatic rings. The zero-order valence-corrected chi connectivity index (χ0v) is 13.7. The van der Waals surface area contributed by atoms with Gasteiger partial charge in [-0.15, -0.1) is 23.1 Å². The molecule has 4 nitrogen and oxygen atoms in total. The van der Waals surface area contributed by atoms with Gasteiger partial charge in [0.05, 0.1) is 12.6 Å². The predicted molar refractivity (Wildman–Crippen MR) is 86.9 cm³/mol. The quantitative estimate of drug-likeness (QED) is 0.831. The monoisotopic (exact) mass is 322 g/mol. The van der Waals surface area contributed by atoms with Crippen LogP contribution in [0, 0.1) is 0 Å². The summed E-state index contributed by atoms with van der Waals surface area (Å²) in [6.07, 6.45) is 1.75. The predicted octanol–water partition coefficient (Wildman–Crippen LogP) is 3.06. The van der Waals surface area contributed by atoms with Crippen LogP contribution >= 0.6 is 23.1 Å². The van der Waals surface area contributed by atoms with Gasteiger partial charge >= 0.3 is 0 Å². The number of thiazole rings is 1. The molecule has 0 saturated heterocycles. The van der Waals surface area contributed by atoms with Crippen LogP contribution in [0.25, 0.3) is 0 Å². The second-order valence-corrected chi connectivity index (χ2v) is 6.65. The Balaban J connectivity index is 2.05. The van der Waals surface area contributed by atoms with Gasteiger partial charge in [-0.2, -0.15) is 0 Å². The highest BCUT2D eigenvalue weighted by atomic mass is 32.2. The van der Waals surface area contributed by atoms with Crippen molar-refractivity contribution in [2.24, 2.45) is 0 Å². The lowest BCUT2D eigenvalue weighted by Crippen LogP contribution is -2.29. The molecule has 0 saturated carbocycles. The fourth-order valence-electron chi connectivity index (χ4n) is 1.84. The van der Waals surface area contributed by atoms with Gasteiger partial charge in [0.25, 0.3) is 5.91 Å². The van der Waals surface area contributed by atoms with Crippen LogP contribution in [0.3, 0.4) is 0 Å². The first kappa shape index (κ1) is 16.0. The summed E-state index contributed by atoms with van der Waals surface area (Å²) in [5.41, 5.74) is 0.661. The highest BCUT2D eigenvalue weighted by molar-refractivity contribution is 7.99. The number of hydrogen-bond donors (Lipinski definition) is 1. The van der Waals surface area contributed by atoms with E-state index in [1.54, 1.807) is 41.2 Å². The number of aliphatic hydroxyl groups is 1. The van der Waals surface area contributed by atoms with Gasteiger partial charge in [-0.25, -0.2) is 4.98 Å². The summed E-state index contributed by atoms with van der Waals surface area (Å²) in [6.45, 7) is 2.13. The molecule has 0 bridgehead atoms. The van der Waals surface area contributed by atoms with Crippen molar-refractivity contribution < 1.29 is 9.90 Å². The van der Waals surface area contributed by atoms with Gasteiger partial charge < -0.3 is 10.0 Å². The molecule has 0 fully saturated rings. The van der Waals surface area contributed by atoms with Gasteiger partial charge in [-0.1, -0.05) is 0 Å². The number of rotatable bonds is 6. The molecule has 21 heavy (non-hydrogen) atoms. The molecule has 0 spiro atoms. The van der Waals surface area contributed by atoms with Gasteiger partial charge in [0.1, 0.15) is 5.01 Å². The van der Waals surface area contributed by atoms with Gasteiger partial charge in [-0.3, -0.25) is 4.79 Å². The molecule has 1 amide bonds. The van der Waals surface area contributed by atoms with Crippen LogP contribution in [0.4, 0.5) is 0 Å². The first-order valence-electron chi connectivity index (χ1n) is 6.63. The summed E-state index contributed by atoms with van der Waals surface area (Å²) in [6, 6.07) is 7.44. The number of aliphatic hydroxyl groups excluding tert-OH is 1.